The molecule has 0 radical (unpaired) electrons. The SMILES string of the molecule is Cc1cccc(NC(=O)c2ccc(NC3=C(Cl)C(=O)N(c4ccccc4F)C3=O)cc2)c1. The second-order valence-corrected chi connectivity index (χ2v) is 7.49. The van der Waals surface area contributed by atoms with E-state index in [4.69, 9.17) is 11.6 Å². The van der Waals surface area contributed by atoms with Crippen molar-refractivity contribution in [2.75, 3.05) is 15.5 Å². The summed E-state index contributed by atoms with van der Waals surface area (Å²) in [5.74, 6) is -2.61. The Kier molecular flexibility index (Phi) is 5.75. The fourth-order valence-electron chi connectivity index (χ4n) is 3.24. The number of imide groups is 1. The fraction of sp³-hybridized carbons (Fsp3) is 0.0417. The first-order chi connectivity index (χ1) is 15.3. The Morgan fingerprint density at radius 1 is 0.906 bits per heavy atom. The standard InChI is InChI=1S/C24H17ClFN3O3/c1-14-5-4-6-17(13-14)28-22(30)15-9-11-16(12-10-15)27-21-20(25)23(31)29(24(21)32)19-8-3-2-7-18(19)26/h2-13,27H,1H3,(H,28,30). The summed E-state index contributed by atoms with van der Waals surface area (Å²) in [6, 6.07) is 19.1. The Morgan fingerprint density at radius 3 is 2.31 bits per heavy atom. The van der Waals surface area contributed by atoms with Gasteiger partial charge in [-0.3, -0.25) is 14.4 Å². The third-order valence-corrected chi connectivity index (χ3v) is 5.16. The molecule has 0 bridgehead atoms. The minimum Gasteiger partial charge on any atom is -0.350 e. The number of benzene rings is 3. The van der Waals surface area contributed by atoms with Crippen LogP contribution < -0.4 is 15.5 Å². The molecule has 0 fully saturated rings. The molecule has 3 aromatic carbocycles. The number of hydrogen-bond donors (Lipinski definition) is 2. The molecule has 8 heteroatoms. The number of carbonyl (C=O) groups excluding carboxylic acids is 3. The van der Waals surface area contributed by atoms with E-state index in [1.165, 1.54) is 18.2 Å². The minimum atomic E-state index is -0.821. The molecule has 0 saturated heterocycles. The summed E-state index contributed by atoms with van der Waals surface area (Å²) in [6.07, 6.45) is 0. The van der Waals surface area contributed by atoms with Gasteiger partial charge >= 0.3 is 0 Å². The summed E-state index contributed by atoms with van der Waals surface area (Å²) in [7, 11) is 0. The highest BCUT2D eigenvalue weighted by molar-refractivity contribution is 6.53. The summed E-state index contributed by atoms with van der Waals surface area (Å²) in [4.78, 5) is 38.4. The quantitative estimate of drug-likeness (QED) is 0.547. The van der Waals surface area contributed by atoms with E-state index in [-0.39, 0.29) is 22.3 Å². The Labute approximate surface area is 188 Å². The minimum absolute atomic E-state index is 0.170. The zero-order valence-electron chi connectivity index (χ0n) is 16.9. The summed E-state index contributed by atoms with van der Waals surface area (Å²) >= 11 is 6.07. The van der Waals surface area contributed by atoms with Crippen LogP contribution in [-0.2, 0) is 9.59 Å². The predicted octanol–water partition coefficient (Wildman–Crippen LogP) is 4.82. The number of nitrogens with one attached hydrogen (secondary N) is 2. The normalized spacial score (nSPS) is 13.5. The summed E-state index contributed by atoms with van der Waals surface area (Å²) < 4.78 is 14.1. The molecule has 0 aromatic heterocycles. The van der Waals surface area contributed by atoms with Gasteiger partial charge in [0, 0.05) is 16.9 Å². The highest BCUT2D eigenvalue weighted by Crippen LogP contribution is 2.31. The molecule has 0 atom stereocenters. The lowest BCUT2D eigenvalue weighted by Crippen LogP contribution is -2.33. The first-order valence-corrected chi connectivity index (χ1v) is 10.0. The van der Waals surface area contributed by atoms with E-state index in [2.05, 4.69) is 10.6 Å². The maximum absolute atomic E-state index is 14.1. The van der Waals surface area contributed by atoms with Crippen molar-refractivity contribution in [3.8, 4) is 0 Å². The molecule has 0 aliphatic carbocycles. The molecule has 160 valence electrons. The average Bonchev–Trinajstić information content (AvgIpc) is 2.98. The van der Waals surface area contributed by atoms with Crippen LogP contribution in [0.2, 0.25) is 0 Å². The zero-order valence-corrected chi connectivity index (χ0v) is 17.6. The lowest BCUT2D eigenvalue weighted by molar-refractivity contribution is -0.120. The topological polar surface area (TPSA) is 78.5 Å². The van der Waals surface area contributed by atoms with Crippen LogP contribution in [-0.4, -0.2) is 17.7 Å². The van der Waals surface area contributed by atoms with Crippen LogP contribution in [0.4, 0.5) is 21.5 Å². The van der Waals surface area contributed by atoms with E-state index < -0.39 is 17.6 Å². The van der Waals surface area contributed by atoms with Crippen LogP contribution in [0.3, 0.4) is 0 Å². The van der Waals surface area contributed by atoms with Gasteiger partial charge in [0.1, 0.15) is 16.5 Å². The smallest absolute Gasteiger partial charge is 0.283 e. The van der Waals surface area contributed by atoms with Crippen molar-refractivity contribution in [1.82, 2.24) is 0 Å². The van der Waals surface area contributed by atoms with Crippen molar-refractivity contribution in [1.29, 1.82) is 0 Å². The largest absolute Gasteiger partial charge is 0.350 e. The van der Waals surface area contributed by atoms with Crippen LogP contribution in [0.5, 0.6) is 0 Å². The van der Waals surface area contributed by atoms with Gasteiger partial charge < -0.3 is 10.6 Å². The highest BCUT2D eigenvalue weighted by atomic mass is 35.5. The lowest BCUT2D eigenvalue weighted by Gasteiger charge is -2.15. The maximum Gasteiger partial charge on any atom is 0.283 e. The van der Waals surface area contributed by atoms with Crippen LogP contribution >= 0.6 is 11.6 Å². The van der Waals surface area contributed by atoms with Crippen LogP contribution in [0.1, 0.15) is 15.9 Å². The molecule has 0 unspecified atom stereocenters. The lowest BCUT2D eigenvalue weighted by atomic mass is 10.1. The van der Waals surface area contributed by atoms with E-state index in [0.29, 0.717) is 21.8 Å². The number of carbonyl (C=O) groups is 3. The Balaban J connectivity index is 1.49. The first kappa shape index (κ1) is 21.3. The van der Waals surface area contributed by atoms with E-state index in [1.54, 1.807) is 30.3 Å². The highest BCUT2D eigenvalue weighted by Gasteiger charge is 2.40. The van der Waals surface area contributed by atoms with Crippen molar-refractivity contribution in [2.24, 2.45) is 0 Å². The summed E-state index contributed by atoms with van der Waals surface area (Å²) in [5, 5.41) is 5.26. The van der Waals surface area contributed by atoms with Crippen LogP contribution in [0.25, 0.3) is 0 Å². The number of aryl methyl sites for hydroxylation is 1. The summed E-state index contributed by atoms with van der Waals surface area (Å²) in [6.45, 7) is 1.93. The van der Waals surface area contributed by atoms with Crippen molar-refractivity contribution < 1.29 is 18.8 Å². The van der Waals surface area contributed by atoms with Crippen molar-refractivity contribution in [2.45, 2.75) is 6.92 Å². The molecule has 4 rings (SSSR count). The van der Waals surface area contributed by atoms with Gasteiger partial charge in [-0.1, -0.05) is 35.9 Å². The van der Waals surface area contributed by atoms with Gasteiger partial charge in [0.25, 0.3) is 17.7 Å². The van der Waals surface area contributed by atoms with Gasteiger partial charge in [-0.2, -0.15) is 0 Å². The third-order valence-electron chi connectivity index (χ3n) is 4.81. The number of nitrogens with zero attached hydrogens (tertiary/aromatic N) is 1. The van der Waals surface area contributed by atoms with E-state index in [1.807, 2.05) is 25.1 Å². The van der Waals surface area contributed by atoms with Gasteiger partial charge in [0.2, 0.25) is 0 Å². The zero-order chi connectivity index (χ0) is 22.8. The van der Waals surface area contributed by atoms with Crippen molar-refractivity contribution in [3.05, 3.63) is 100 Å². The molecule has 1 aliphatic rings. The fourth-order valence-corrected chi connectivity index (χ4v) is 3.45. The van der Waals surface area contributed by atoms with E-state index in [9.17, 15) is 18.8 Å². The monoisotopic (exact) mass is 449 g/mol. The Morgan fingerprint density at radius 2 is 1.62 bits per heavy atom. The number of hydrogen-bond acceptors (Lipinski definition) is 4. The van der Waals surface area contributed by atoms with Gasteiger partial charge in [0.15, 0.2) is 0 Å². The van der Waals surface area contributed by atoms with E-state index in [0.717, 1.165) is 11.6 Å². The number of halogens is 2. The second-order valence-electron chi connectivity index (χ2n) is 7.11. The maximum atomic E-state index is 14.1. The molecule has 0 saturated carbocycles. The number of amides is 3. The van der Waals surface area contributed by atoms with Crippen LogP contribution in [0.15, 0.2) is 83.5 Å². The molecular formula is C24H17ClFN3O3. The van der Waals surface area contributed by atoms with Gasteiger partial charge in [0.05, 0.1) is 5.69 Å². The number of anilines is 3. The van der Waals surface area contributed by atoms with E-state index >= 15 is 0 Å². The predicted molar refractivity (Wildman–Crippen MR) is 121 cm³/mol. The molecule has 32 heavy (non-hydrogen) atoms. The second kappa shape index (κ2) is 8.64. The number of para-hydroxylation sites is 1. The molecule has 0 spiro atoms. The number of rotatable bonds is 5. The summed E-state index contributed by atoms with van der Waals surface area (Å²) in [5.41, 5.74) is 2.18. The molecule has 3 amide bonds. The first-order valence-electron chi connectivity index (χ1n) is 9.63. The Bertz CT molecular complexity index is 1270. The molecule has 1 aliphatic heterocycles. The van der Waals surface area contributed by atoms with Gasteiger partial charge in [-0.25, -0.2) is 9.29 Å². The van der Waals surface area contributed by atoms with Crippen molar-refractivity contribution >= 4 is 46.4 Å². The van der Waals surface area contributed by atoms with Crippen LogP contribution in [0, 0.1) is 12.7 Å². The third kappa shape index (κ3) is 4.10. The Hall–Kier alpha value is -3.97. The molecule has 6 nitrogen and oxygen atoms in total. The molecule has 2 N–H and O–H groups in total. The van der Waals surface area contributed by atoms with Crippen molar-refractivity contribution in [3.63, 3.8) is 0 Å². The average molecular weight is 450 g/mol. The molecule has 1 heterocycles. The van der Waals surface area contributed by atoms with Gasteiger partial charge in [-0.05, 0) is 61.0 Å². The van der Waals surface area contributed by atoms with Gasteiger partial charge in [-0.15, -0.1) is 0 Å². The molecule has 3 aromatic rings. The molecular weight excluding hydrogens is 433 g/mol.